The molecule has 1 fully saturated rings. The van der Waals surface area contributed by atoms with Crippen LogP contribution in [0.15, 0.2) is 79.0 Å². The van der Waals surface area contributed by atoms with Crippen LogP contribution in [0.3, 0.4) is 0 Å². The second kappa shape index (κ2) is 11.4. The van der Waals surface area contributed by atoms with E-state index in [0.29, 0.717) is 24.9 Å². The molecule has 2 unspecified atom stereocenters. The van der Waals surface area contributed by atoms with Crippen molar-refractivity contribution in [1.29, 1.82) is 5.26 Å². The zero-order chi connectivity index (χ0) is 24.6. The van der Waals surface area contributed by atoms with E-state index in [1.807, 2.05) is 67.6 Å². The molecule has 0 spiro atoms. The van der Waals surface area contributed by atoms with Gasteiger partial charge in [0.2, 0.25) is 0 Å². The van der Waals surface area contributed by atoms with Gasteiger partial charge in [-0.15, -0.1) is 0 Å². The van der Waals surface area contributed by atoms with Crippen LogP contribution in [0.5, 0.6) is 0 Å². The van der Waals surface area contributed by atoms with Gasteiger partial charge < -0.3 is 14.7 Å². The van der Waals surface area contributed by atoms with Gasteiger partial charge in [0, 0.05) is 31.1 Å². The van der Waals surface area contributed by atoms with Crippen molar-refractivity contribution in [2.45, 2.75) is 51.4 Å². The zero-order valence-corrected chi connectivity index (χ0v) is 19.9. The molecule has 0 radical (unpaired) electrons. The second-order valence-electron chi connectivity index (χ2n) is 9.00. The first kappa shape index (κ1) is 24.9. The van der Waals surface area contributed by atoms with Crippen LogP contribution in [0.4, 0.5) is 4.79 Å². The number of benzene rings is 2. The number of rotatable bonds is 5. The van der Waals surface area contributed by atoms with Gasteiger partial charge in [-0.3, -0.25) is 4.98 Å². The normalized spacial score (nSPS) is 16.5. The van der Waals surface area contributed by atoms with E-state index in [4.69, 9.17) is 10.00 Å². The van der Waals surface area contributed by atoms with Crippen LogP contribution < -0.4 is 0 Å². The number of cyclic esters (lactones) is 1. The number of aromatic nitrogens is 1. The Balaban J connectivity index is 0.000000469. The largest absolute Gasteiger partial charge is 0.446 e. The van der Waals surface area contributed by atoms with E-state index in [2.05, 4.69) is 11.1 Å². The van der Waals surface area contributed by atoms with E-state index in [9.17, 15) is 9.90 Å². The number of carbonyl (C=O) groups excluding carboxylic acids is 1. The predicted octanol–water partition coefficient (Wildman–Crippen LogP) is 5.74. The highest BCUT2D eigenvalue weighted by Gasteiger charge is 2.33. The molecule has 1 aliphatic heterocycles. The molecule has 0 bridgehead atoms. The Hall–Kier alpha value is -3.69. The van der Waals surface area contributed by atoms with Crippen molar-refractivity contribution in [3.63, 3.8) is 0 Å². The van der Waals surface area contributed by atoms with E-state index >= 15 is 0 Å². The standard InChI is InChI=1S/C22H25N3O3.C6H6/c1-15(25-11-9-19(28-21(25)26)13-22(2,3)27)17-4-6-18(7-5-17)20-12-16(14-23)8-10-24-20;1-2-4-6-5-3-1/h4-8,10,12,15,19,27H,9,11,13H2,1-3H3;1-6H. The van der Waals surface area contributed by atoms with Crippen LogP contribution in [0.2, 0.25) is 0 Å². The summed E-state index contributed by atoms with van der Waals surface area (Å²) in [5.74, 6) is 0. The highest BCUT2D eigenvalue weighted by atomic mass is 16.6. The Morgan fingerprint density at radius 3 is 2.29 bits per heavy atom. The van der Waals surface area contributed by atoms with Crippen LogP contribution in [0.1, 0.15) is 50.8 Å². The molecule has 1 N–H and O–H groups in total. The molecule has 0 aliphatic carbocycles. The number of amides is 1. The summed E-state index contributed by atoms with van der Waals surface area (Å²) in [7, 11) is 0. The minimum absolute atomic E-state index is 0.122. The van der Waals surface area contributed by atoms with Crippen molar-refractivity contribution in [3.05, 3.63) is 90.1 Å². The highest BCUT2D eigenvalue weighted by Crippen LogP contribution is 2.29. The van der Waals surface area contributed by atoms with Crippen LogP contribution in [-0.2, 0) is 4.74 Å². The summed E-state index contributed by atoms with van der Waals surface area (Å²) < 4.78 is 5.52. The molecule has 1 aliphatic rings. The summed E-state index contributed by atoms with van der Waals surface area (Å²) in [6.45, 7) is 6.01. The maximum atomic E-state index is 12.4. The van der Waals surface area contributed by atoms with E-state index < -0.39 is 5.60 Å². The smallest absolute Gasteiger partial charge is 0.410 e. The monoisotopic (exact) mass is 457 g/mol. The molecule has 2 aromatic carbocycles. The van der Waals surface area contributed by atoms with Gasteiger partial charge in [-0.05, 0) is 38.5 Å². The molecule has 1 amide bonds. The van der Waals surface area contributed by atoms with Gasteiger partial charge in [0.05, 0.1) is 29.0 Å². The summed E-state index contributed by atoms with van der Waals surface area (Å²) in [4.78, 5) is 18.5. The lowest BCUT2D eigenvalue weighted by atomic mass is 9.97. The fourth-order valence-corrected chi connectivity index (χ4v) is 3.85. The summed E-state index contributed by atoms with van der Waals surface area (Å²) in [6.07, 6.45) is 2.16. The fraction of sp³-hybridized carbons (Fsp3) is 0.321. The minimum atomic E-state index is -0.856. The molecule has 2 atom stereocenters. The molecule has 4 rings (SSSR count). The SMILES string of the molecule is CC(c1ccc(-c2cc(C#N)ccn2)cc1)N1CCC(CC(C)(C)O)OC1=O.c1ccccc1. The van der Waals surface area contributed by atoms with E-state index in [1.54, 1.807) is 37.1 Å². The van der Waals surface area contributed by atoms with Crippen LogP contribution in [-0.4, -0.2) is 39.3 Å². The molecule has 2 heterocycles. The van der Waals surface area contributed by atoms with Crippen molar-refractivity contribution in [1.82, 2.24) is 9.88 Å². The topological polar surface area (TPSA) is 86.5 Å². The number of nitriles is 1. The quantitative estimate of drug-likeness (QED) is 0.528. The highest BCUT2D eigenvalue weighted by molar-refractivity contribution is 5.69. The summed E-state index contributed by atoms with van der Waals surface area (Å²) in [5, 5.41) is 19.0. The fourth-order valence-electron chi connectivity index (χ4n) is 3.85. The molecular formula is C28H31N3O3. The lowest BCUT2D eigenvalue weighted by Crippen LogP contribution is -2.45. The van der Waals surface area contributed by atoms with E-state index in [1.165, 1.54) is 0 Å². The molecule has 6 heteroatoms. The van der Waals surface area contributed by atoms with Crippen molar-refractivity contribution in [2.24, 2.45) is 0 Å². The van der Waals surface area contributed by atoms with Gasteiger partial charge in [0.25, 0.3) is 0 Å². The van der Waals surface area contributed by atoms with Crippen LogP contribution in [0, 0.1) is 11.3 Å². The number of hydrogen-bond donors (Lipinski definition) is 1. The summed E-state index contributed by atoms with van der Waals surface area (Å²) >= 11 is 0. The number of carbonyl (C=O) groups is 1. The third-order valence-electron chi connectivity index (χ3n) is 5.63. The Labute approximate surface area is 201 Å². The third-order valence-corrected chi connectivity index (χ3v) is 5.63. The molecule has 1 saturated heterocycles. The van der Waals surface area contributed by atoms with Crippen LogP contribution >= 0.6 is 0 Å². The molecule has 176 valence electrons. The van der Waals surface area contributed by atoms with Gasteiger partial charge in [0.15, 0.2) is 0 Å². The van der Waals surface area contributed by atoms with E-state index in [-0.39, 0.29) is 18.2 Å². The number of nitrogens with zero attached hydrogens (tertiary/aromatic N) is 3. The average molecular weight is 458 g/mol. The van der Waals surface area contributed by atoms with Gasteiger partial charge in [-0.2, -0.15) is 5.26 Å². The second-order valence-corrected chi connectivity index (χ2v) is 9.00. The lowest BCUT2D eigenvalue weighted by molar-refractivity contribution is -0.0309. The Bertz CT molecular complexity index is 1080. The average Bonchev–Trinajstić information content (AvgIpc) is 2.84. The Morgan fingerprint density at radius 1 is 1.15 bits per heavy atom. The summed E-state index contributed by atoms with van der Waals surface area (Å²) in [6, 6.07) is 25.3. The molecule has 34 heavy (non-hydrogen) atoms. The zero-order valence-electron chi connectivity index (χ0n) is 19.9. The summed E-state index contributed by atoms with van der Waals surface area (Å²) in [5.41, 5.74) is 2.37. The van der Waals surface area contributed by atoms with Gasteiger partial charge in [0.1, 0.15) is 6.10 Å². The maximum Gasteiger partial charge on any atom is 0.410 e. The number of hydrogen-bond acceptors (Lipinski definition) is 5. The number of aliphatic hydroxyl groups is 1. The number of pyridine rings is 1. The molecule has 6 nitrogen and oxygen atoms in total. The lowest BCUT2D eigenvalue weighted by Gasteiger charge is -2.37. The molecule has 0 saturated carbocycles. The third kappa shape index (κ3) is 7.16. The van der Waals surface area contributed by atoms with Crippen molar-refractivity contribution >= 4 is 6.09 Å². The number of ether oxygens (including phenoxy) is 1. The first-order valence-corrected chi connectivity index (χ1v) is 11.4. The van der Waals surface area contributed by atoms with Crippen molar-refractivity contribution in [2.75, 3.05) is 6.54 Å². The van der Waals surface area contributed by atoms with E-state index in [0.717, 1.165) is 16.8 Å². The van der Waals surface area contributed by atoms with Crippen molar-refractivity contribution < 1.29 is 14.6 Å². The molecular weight excluding hydrogens is 426 g/mol. The first-order valence-electron chi connectivity index (χ1n) is 11.4. The van der Waals surface area contributed by atoms with Crippen LogP contribution in [0.25, 0.3) is 11.3 Å². The molecule has 3 aromatic rings. The van der Waals surface area contributed by atoms with Gasteiger partial charge >= 0.3 is 6.09 Å². The molecule has 1 aromatic heterocycles. The van der Waals surface area contributed by atoms with Crippen molar-refractivity contribution in [3.8, 4) is 17.3 Å². The predicted molar refractivity (Wildman–Crippen MR) is 132 cm³/mol. The Morgan fingerprint density at radius 2 is 1.76 bits per heavy atom. The first-order chi connectivity index (χ1) is 16.3. The van der Waals surface area contributed by atoms with Gasteiger partial charge in [-0.25, -0.2) is 4.79 Å². The minimum Gasteiger partial charge on any atom is -0.446 e. The van der Waals surface area contributed by atoms with Gasteiger partial charge in [-0.1, -0.05) is 60.7 Å². The Kier molecular flexibility index (Phi) is 8.39. The maximum absolute atomic E-state index is 12.4.